The molecule has 0 aromatic rings. The Balaban J connectivity index is 1.70. The summed E-state index contributed by atoms with van der Waals surface area (Å²) in [7, 11) is 1.97. The average Bonchev–Trinajstić information content (AvgIpc) is 2.89. The van der Waals surface area contributed by atoms with Crippen LogP contribution in [-0.4, -0.2) is 37.0 Å². The van der Waals surface area contributed by atoms with Gasteiger partial charge in [0.05, 0.1) is 6.04 Å². The quantitative estimate of drug-likeness (QED) is 0.814. The second kappa shape index (κ2) is 6.39. The zero-order valence-electron chi connectivity index (χ0n) is 11.1. The van der Waals surface area contributed by atoms with Crippen molar-refractivity contribution in [1.29, 1.82) is 0 Å². The van der Waals surface area contributed by atoms with Gasteiger partial charge in [0.2, 0.25) is 5.91 Å². The van der Waals surface area contributed by atoms with Crippen LogP contribution in [0.25, 0.3) is 0 Å². The topological polar surface area (TPSA) is 32.3 Å². The summed E-state index contributed by atoms with van der Waals surface area (Å²) < 4.78 is 0. The first-order valence-electron chi connectivity index (χ1n) is 7.26. The third-order valence-corrected chi connectivity index (χ3v) is 4.33. The van der Waals surface area contributed by atoms with Crippen LogP contribution in [0.2, 0.25) is 0 Å². The van der Waals surface area contributed by atoms with Gasteiger partial charge in [0.25, 0.3) is 0 Å². The van der Waals surface area contributed by atoms with Crippen molar-refractivity contribution in [3.8, 4) is 0 Å². The number of amides is 1. The number of hydrogen-bond donors (Lipinski definition) is 1. The fourth-order valence-electron chi connectivity index (χ4n) is 3.11. The molecule has 1 amide bonds. The third-order valence-electron chi connectivity index (χ3n) is 4.33. The van der Waals surface area contributed by atoms with Gasteiger partial charge in [0.1, 0.15) is 0 Å². The summed E-state index contributed by atoms with van der Waals surface area (Å²) in [6.45, 7) is 1.95. The van der Waals surface area contributed by atoms with E-state index in [1.165, 1.54) is 44.9 Å². The Bertz CT molecular complexity index is 243. The van der Waals surface area contributed by atoms with Gasteiger partial charge in [-0.15, -0.1) is 0 Å². The van der Waals surface area contributed by atoms with E-state index in [2.05, 4.69) is 5.32 Å². The Kier molecular flexibility index (Phi) is 4.84. The van der Waals surface area contributed by atoms with Crippen molar-refractivity contribution in [1.82, 2.24) is 10.2 Å². The highest BCUT2D eigenvalue weighted by atomic mass is 16.2. The number of nitrogens with zero attached hydrogens (tertiary/aromatic N) is 1. The second-order valence-corrected chi connectivity index (χ2v) is 5.70. The molecule has 0 aromatic heterocycles. The molecule has 2 aliphatic rings. The lowest BCUT2D eigenvalue weighted by Gasteiger charge is -2.28. The van der Waals surface area contributed by atoms with Crippen LogP contribution in [0.5, 0.6) is 0 Å². The Morgan fingerprint density at radius 1 is 1.18 bits per heavy atom. The molecule has 0 spiro atoms. The van der Waals surface area contributed by atoms with Crippen LogP contribution >= 0.6 is 0 Å². The predicted molar refractivity (Wildman–Crippen MR) is 69.9 cm³/mol. The van der Waals surface area contributed by atoms with Crippen LogP contribution in [-0.2, 0) is 4.79 Å². The number of likely N-dealkylation sites (N-methyl/N-ethyl adjacent to an activating group) is 1. The smallest absolute Gasteiger partial charge is 0.239 e. The molecule has 1 unspecified atom stereocenters. The summed E-state index contributed by atoms with van der Waals surface area (Å²) >= 11 is 0. The van der Waals surface area contributed by atoms with Crippen LogP contribution in [0.3, 0.4) is 0 Å². The van der Waals surface area contributed by atoms with Crippen molar-refractivity contribution in [3.05, 3.63) is 0 Å². The van der Waals surface area contributed by atoms with Crippen molar-refractivity contribution in [2.45, 2.75) is 57.4 Å². The Labute approximate surface area is 105 Å². The van der Waals surface area contributed by atoms with Crippen molar-refractivity contribution in [2.75, 3.05) is 20.1 Å². The number of nitrogens with one attached hydrogen (secondary N) is 1. The van der Waals surface area contributed by atoms with E-state index in [9.17, 15) is 4.79 Å². The van der Waals surface area contributed by atoms with E-state index in [-0.39, 0.29) is 6.04 Å². The first-order chi connectivity index (χ1) is 8.27. The highest BCUT2D eigenvalue weighted by Crippen LogP contribution is 2.27. The molecule has 1 aliphatic heterocycles. The average molecular weight is 238 g/mol. The summed E-state index contributed by atoms with van der Waals surface area (Å²) in [6.07, 6.45) is 10.2. The molecule has 1 N–H and O–H groups in total. The first kappa shape index (κ1) is 12.9. The van der Waals surface area contributed by atoms with Crippen molar-refractivity contribution < 1.29 is 4.79 Å². The maximum atomic E-state index is 12.2. The number of rotatable bonds is 4. The lowest BCUT2D eigenvalue weighted by atomic mass is 10.0. The van der Waals surface area contributed by atoms with Gasteiger partial charge in [-0.25, -0.2) is 0 Å². The summed E-state index contributed by atoms with van der Waals surface area (Å²) in [6, 6.07) is 0.0947. The maximum Gasteiger partial charge on any atom is 0.239 e. The van der Waals surface area contributed by atoms with Gasteiger partial charge in [-0.05, 0) is 31.7 Å². The molecule has 0 radical (unpaired) electrons. The minimum Gasteiger partial charge on any atom is -0.344 e. The Morgan fingerprint density at radius 3 is 2.53 bits per heavy atom. The third kappa shape index (κ3) is 3.70. The molecule has 98 valence electrons. The minimum atomic E-state index is 0.0947. The van der Waals surface area contributed by atoms with Gasteiger partial charge in [-0.3, -0.25) is 4.79 Å². The summed E-state index contributed by atoms with van der Waals surface area (Å²) in [5.41, 5.74) is 0. The van der Waals surface area contributed by atoms with E-state index in [1.807, 2.05) is 11.9 Å². The summed E-state index contributed by atoms with van der Waals surface area (Å²) in [5.74, 6) is 1.19. The SMILES string of the molecule is CN(CCC1CCCC1)C(=O)C1CCCCN1. The van der Waals surface area contributed by atoms with Crippen molar-refractivity contribution in [2.24, 2.45) is 5.92 Å². The Morgan fingerprint density at radius 2 is 1.88 bits per heavy atom. The van der Waals surface area contributed by atoms with E-state index in [0.29, 0.717) is 5.91 Å². The van der Waals surface area contributed by atoms with Crippen molar-refractivity contribution in [3.63, 3.8) is 0 Å². The lowest BCUT2D eigenvalue weighted by molar-refractivity contribution is -0.132. The van der Waals surface area contributed by atoms with Gasteiger partial charge >= 0.3 is 0 Å². The van der Waals surface area contributed by atoms with Gasteiger partial charge < -0.3 is 10.2 Å². The van der Waals surface area contributed by atoms with Crippen LogP contribution < -0.4 is 5.32 Å². The first-order valence-corrected chi connectivity index (χ1v) is 7.26. The molecular weight excluding hydrogens is 212 g/mol. The molecule has 1 heterocycles. The maximum absolute atomic E-state index is 12.2. The van der Waals surface area contributed by atoms with Crippen LogP contribution in [0, 0.1) is 5.92 Å². The molecule has 1 atom stereocenters. The molecule has 1 saturated carbocycles. The summed E-state index contributed by atoms with van der Waals surface area (Å²) in [5, 5.41) is 3.34. The van der Waals surface area contributed by atoms with Gasteiger partial charge in [0, 0.05) is 13.6 Å². The molecule has 0 bridgehead atoms. The molecule has 3 nitrogen and oxygen atoms in total. The van der Waals surface area contributed by atoms with E-state index >= 15 is 0 Å². The zero-order valence-corrected chi connectivity index (χ0v) is 11.1. The van der Waals surface area contributed by atoms with E-state index in [4.69, 9.17) is 0 Å². The number of piperidine rings is 1. The van der Waals surface area contributed by atoms with Crippen LogP contribution in [0.1, 0.15) is 51.4 Å². The molecule has 0 aromatic carbocycles. The monoisotopic (exact) mass is 238 g/mol. The van der Waals surface area contributed by atoms with Crippen molar-refractivity contribution >= 4 is 5.91 Å². The summed E-state index contributed by atoms with van der Waals surface area (Å²) in [4.78, 5) is 14.1. The highest BCUT2D eigenvalue weighted by molar-refractivity contribution is 5.81. The molecule has 1 aliphatic carbocycles. The van der Waals surface area contributed by atoms with Crippen LogP contribution in [0.4, 0.5) is 0 Å². The predicted octanol–water partition coefficient (Wildman–Crippen LogP) is 2.17. The zero-order chi connectivity index (χ0) is 12.1. The Hall–Kier alpha value is -0.570. The molecule has 2 rings (SSSR count). The minimum absolute atomic E-state index is 0.0947. The van der Waals surface area contributed by atoms with E-state index < -0.39 is 0 Å². The largest absolute Gasteiger partial charge is 0.344 e. The van der Waals surface area contributed by atoms with Gasteiger partial charge in [-0.2, -0.15) is 0 Å². The van der Waals surface area contributed by atoms with Gasteiger partial charge in [-0.1, -0.05) is 32.1 Å². The second-order valence-electron chi connectivity index (χ2n) is 5.70. The van der Waals surface area contributed by atoms with Gasteiger partial charge in [0.15, 0.2) is 0 Å². The normalized spacial score (nSPS) is 26.1. The number of hydrogen-bond acceptors (Lipinski definition) is 2. The number of carbonyl (C=O) groups is 1. The fraction of sp³-hybridized carbons (Fsp3) is 0.929. The number of carbonyl (C=O) groups excluding carboxylic acids is 1. The van der Waals surface area contributed by atoms with E-state index in [1.54, 1.807) is 0 Å². The standard InChI is InChI=1S/C14H26N2O/c1-16(11-9-12-6-2-3-7-12)14(17)13-8-4-5-10-15-13/h12-13,15H,2-11H2,1H3. The van der Waals surface area contributed by atoms with E-state index in [0.717, 1.165) is 25.4 Å². The highest BCUT2D eigenvalue weighted by Gasteiger charge is 2.24. The molecule has 1 saturated heterocycles. The lowest BCUT2D eigenvalue weighted by Crippen LogP contribution is -2.47. The molecule has 17 heavy (non-hydrogen) atoms. The molecular formula is C14H26N2O. The van der Waals surface area contributed by atoms with Crippen LogP contribution in [0.15, 0.2) is 0 Å². The molecule has 2 fully saturated rings. The fourth-order valence-corrected chi connectivity index (χ4v) is 3.11. The molecule has 3 heteroatoms.